The summed E-state index contributed by atoms with van der Waals surface area (Å²) in [6, 6.07) is 0.955. The lowest BCUT2D eigenvalue weighted by Gasteiger charge is -2.17. The third-order valence-electron chi connectivity index (χ3n) is 2.48. The number of hydrogen-bond donors (Lipinski definition) is 1. The van der Waals surface area contributed by atoms with E-state index >= 15 is 0 Å². The van der Waals surface area contributed by atoms with Crippen LogP contribution in [-0.2, 0) is 16.1 Å². The number of hydrogen-bond acceptors (Lipinski definition) is 4. The lowest BCUT2D eigenvalue weighted by Crippen LogP contribution is -2.28. The van der Waals surface area contributed by atoms with Crippen LogP contribution in [0.2, 0.25) is 10.0 Å². The molecule has 0 atom stereocenters. The molecule has 2 aliphatic rings. The second kappa shape index (κ2) is 4.04. The molecule has 92 valence electrons. The Balaban J connectivity index is 2.19. The Kier molecular flexibility index (Phi) is 2.61. The minimum atomic E-state index is -0.529. The Hall–Kier alpha value is -1.44. The second-order valence-corrected chi connectivity index (χ2v) is 4.93. The molecule has 18 heavy (non-hydrogen) atoms. The normalized spacial score (nSPS) is 16.9. The lowest BCUT2D eigenvalue weighted by molar-refractivity contribution is -0.117. The molecule has 0 unspecified atom stereocenters. The first-order chi connectivity index (χ1) is 8.58. The number of imide groups is 1. The molecule has 1 fully saturated rings. The molecule has 0 saturated carbocycles. The number of benzene rings is 1. The maximum atomic E-state index is 11.6. The maximum Gasteiger partial charge on any atom is 0.329 e. The number of fused-ring (bicyclic) bond motifs is 1. The van der Waals surface area contributed by atoms with Crippen LogP contribution in [0.3, 0.4) is 0 Å². The van der Waals surface area contributed by atoms with Crippen LogP contribution < -0.4 is 10.2 Å². The molecule has 1 aromatic carbocycles. The summed E-state index contributed by atoms with van der Waals surface area (Å²) in [7, 11) is 0. The minimum absolute atomic E-state index is 0.0905. The molecule has 0 bridgehead atoms. The van der Waals surface area contributed by atoms with Crippen LogP contribution in [0.1, 0.15) is 0 Å². The predicted octanol–water partition coefficient (Wildman–Crippen LogP) is 2.78. The van der Waals surface area contributed by atoms with E-state index in [1.807, 2.05) is 0 Å². The molecule has 9 heteroatoms. The van der Waals surface area contributed by atoms with Crippen molar-refractivity contribution < 1.29 is 9.59 Å². The standard InChI is InChI=1S/C9H4Cl2N4O2S/c10-3-1-4(11)8(7-6(3)13-18-14-7)15-2-5(16)12-9(15)17/h1H,2H2,(H,12,16,17). The highest BCUT2D eigenvalue weighted by Gasteiger charge is 2.33. The number of anilines is 1. The van der Waals surface area contributed by atoms with Gasteiger partial charge in [0.1, 0.15) is 17.9 Å². The molecule has 2 heterocycles. The molecule has 0 aromatic heterocycles. The van der Waals surface area contributed by atoms with Crippen molar-refractivity contribution in [2.75, 3.05) is 11.4 Å². The molecular formula is C9H4Cl2N4O2S. The zero-order valence-corrected chi connectivity index (χ0v) is 10.9. The Morgan fingerprint density at radius 1 is 1.22 bits per heavy atom. The van der Waals surface area contributed by atoms with Crippen molar-refractivity contribution in [3.63, 3.8) is 0 Å². The summed E-state index contributed by atoms with van der Waals surface area (Å²) in [4.78, 5) is 24.1. The van der Waals surface area contributed by atoms with E-state index in [0.717, 1.165) is 11.4 Å². The fourth-order valence-electron chi connectivity index (χ4n) is 1.74. The molecule has 1 aromatic rings. The van der Waals surface area contributed by atoms with Crippen LogP contribution >= 0.6 is 23.2 Å². The Morgan fingerprint density at radius 2 is 1.94 bits per heavy atom. The fourth-order valence-corrected chi connectivity index (χ4v) is 2.95. The summed E-state index contributed by atoms with van der Waals surface area (Å²) < 4.78 is 8.11. The van der Waals surface area contributed by atoms with Crippen LogP contribution in [0.4, 0.5) is 21.9 Å². The van der Waals surface area contributed by atoms with Gasteiger partial charge in [-0.05, 0) is 6.07 Å². The first kappa shape index (κ1) is 11.6. The monoisotopic (exact) mass is 302 g/mol. The molecule has 1 saturated heterocycles. The number of halogens is 2. The molecule has 3 rings (SSSR count). The Bertz CT molecular complexity index is 669. The van der Waals surface area contributed by atoms with E-state index in [0.29, 0.717) is 22.1 Å². The highest BCUT2D eigenvalue weighted by Crippen LogP contribution is 2.49. The molecule has 6 nitrogen and oxygen atoms in total. The average Bonchev–Trinajstić information content (AvgIpc) is 2.87. The van der Waals surface area contributed by atoms with Gasteiger partial charge < -0.3 is 0 Å². The van der Waals surface area contributed by atoms with Gasteiger partial charge in [0, 0.05) is 0 Å². The minimum Gasteiger partial charge on any atom is -0.281 e. The van der Waals surface area contributed by atoms with Crippen LogP contribution in [0, 0.1) is 0 Å². The maximum absolute atomic E-state index is 11.6. The average molecular weight is 303 g/mol. The Labute approximate surface area is 115 Å². The summed E-state index contributed by atoms with van der Waals surface area (Å²) in [5.74, 6) is -0.387. The molecular weight excluding hydrogens is 299 g/mol. The Morgan fingerprint density at radius 3 is 2.61 bits per heavy atom. The number of carbonyl (C=O) groups excluding carboxylic acids is 2. The molecule has 0 radical (unpaired) electrons. The van der Waals surface area contributed by atoms with Gasteiger partial charge in [0.15, 0.2) is 0 Å². The van der Waals surface area contributed by atoms with Crippen molar-refractivity contribution in [2.24, 2.45) is 8.73 Å². The van der Waals surface area contributed by atoms with E-state index in [1.165, 1.54) is 11.0 Å². The van der Waals surface area contributed by atoms with E-state index in [4.69, 9.17) is 23.2 Å². The zero-order chi connectivity index (χ0) is 12.9. The van der Waals surface area contributed by atoms with Crippen LogP contribution in [-0.4, -0.2) is 18.5 Å². The lowest BCUT2D eigenvalue weighted by atomic mass is 10.2. The third-order valence-corrected chi connectivity index (χ3v) is 3.59. The van der Waals surface area contributed by atoms with E-state index in [-0.39, 0.29) is 17.5 Å². The third kappa shape index (κ3) is 1.63. The van der Waals surface area contributed by atoms with Gasteiger partial charge in [0.25, 0.3) is 0 Å². The van der Waals surface area contributed by atoms with Crippen molar-refractivity contribution in [2.45, 2.75) is 0 Å². The number of urea groups is 1. The fraction of sp³-hybridized carbons (Fsp3) is 0.111. The summed E-state index contributed by atoms with van der Waals surface area (Å²) in [5.41, 5.74) is 1.24. The molecule has 1 N–H and O–H groups in total. The van der Waals surface area contributed by atoms with Gasteiger partial charge >= 0.3 is 6.03 Å². The van der Waals surface area contributed by atoms with Gasteiger partial charge in [-0.1, -0.05) is 23.2 Å². The van der Waals surface area contributed by atoms with Gasteiger partial charge in [-0.15, -0.1) is 0 Å². The molecule has 0 aliphatic carbocycles. The van der Waals surface area contributed by atoms with Gasteiger partial charge in [-0.25, -0.2) is 4.79 Å². The highest BCUT2D eigenvalue weighted by atomic mass is 35.5. The van der Waals surface area contributed by atoms with Gasteiger partial charge in [0.2, 0.25) is 5.91 Å². The van der Waals surface area contributed by atoms with Crippen molar-refractivity contribution >= 4 is 63.6 Å². The van der Waals surface area contributed by atoms with Crippen molar-refractivity contribution in [1.82, 2.24) is 5.32 Å². The van der Waals surface area contributed by atoms with E-state index in [9.17, 15) is 9.59 Å². The highest BCUT2D eigenvalue weighted by molar-refractivity contribution is 7.58. The number of amides is 3. The number of nitrogens with one attached hydrogen (secondary N) is 1. The van der Waals surface area contributed by atoms with Crippen LogP contribution in [0.5, 0.6) is 0 Å². The van der Waals surface area contributed by atoms with Crippen molar-refractivity contribution in [1.29, 1.82) is 0 Å². The summed E-state index contributed by atoms with van der Waals surface area (Å²) in [6.07, 6.45) is 0. The zero-order valence-electron chi connectivity index (χ0n) is 8.61. The van der Waals surface area contributed by atoms with E-state index in [2.05, 4.69) is 14.0 Å². The van der Waals surface area contributed by atoms with Crippen LogP contribution in [0.25, 0.3) is 0 Å². The first-order valence-electron chi connectivity index (χ1n) is 4.79. The van der Waals surface area contributed by atoms with Crippen molar-refractivity contribution in [3.05, 3.63) is 16.1 Å². The summed E-state index contributed by atoms with van der Waals surface area (Å²) in [5, 5.41) is 2.79. The number of carbonyl (C=O) groups is 2. The van der Waals surface area contributed by atoms with Crippen molar-refractivity contribution in [3.8, 4) is 0 Å². The second-order valence-electron chi connectivity index (χ2n) is 3.59. The molecule has 2 aliphatic heterocycles. The predicted molar refractivity (Wildman–Crippen MR) is 68.9 cm³/mol. The first-order valence-corrected chi connectivity index (χ1v) is 6.28. The quantitative estimate of drug-likeness (QED) is 0.823. The SMILES string of the molecule is O=C1CN(c2c(Cl)cc(Cl)c3c2N=S=N3)C(=O)N1. The summed E-state index contributed by atoms with van der Waals surface area (Å²) in [6.45, 7) is -0.0905. The van der Waals surface area contributed by atoms with E-state index < -0.39 is 6.03 Å². The number of nitrogens with zero attached hydrogens (tertiary/aromatic N) is 3. The smallest absolute Gasteiger partial charge is 0.281 e. The van der Waals surface area contributed by atoms with Gasteiger partial charge in [-0.2, -0.15) is 8.73 Å². The van der Waals surface area contributed by atoms with E-state index in [1.54, 1.807) is 0 Å². The van der Waals surface area contributed by atoms with Crippen LogP contribution in [0.15, 0.2) is 14.8 Å². The van der Waals surface area contributed by atoms with Gasteiger partial charge in [-0.3, -0.25) is 15.0 Å². The largest absolute Gasteiger partial charge is 0.329 e. The molecule has 0 spiro atoms. The molecule has 3 amide bonds. The van der Waals surface area contributed by atoms with Gasteiger partial charge in [0.05, 0.1) is 27.1 Å². The topological polar surface area (TPSA) is 74.1 Å². The summed E-state index contributed by atoms with van der Waals surface area (Å²) >= 11 is 13.0. The number of rotatable bonds is 1.